The number of aromatic amines is 1. The lowest BCUT2D eigenvalue weighted by Crippen LogP contribution is -1.99. The third kappa shape index (κ3) is 1.94. The highest BCUT2D eigenvalue weighted by Gasteiger charge is 2.11. The van der Waals surface area contributed by atoms with Crippen molar-refractivity contribution in [3.63, 3.8) is 0 Å². The second-order valence-corrected chi connectivity index (χ2v) is 3.33. The van der Waals surface area contributed by atoms with E-state index in [1.807, 2.05) is 5.38 Å². The molecule has 3 N–H and O–H groups in total. The summed E-state index contributed by atoms with van der Waals surface area (Å²) in [7, 11) is 0. The highest BCUT2D eigenvalue weighted by Crippen LogP contribution is 2.12. The minimum absolute atomic E-state index is 0. The van der Waals surface area contributed by atoms with E-state index in [-0.39, 0.29) is 18.2 Å². The summed E-state index contributed by atoms with van der Waals surface area (Å²) in [4.78, 5) is 11.6. The van der Waals surface area contributed by atoms with E-state index >= 15 is 0 Å². The smallest absolute Gasteiger partial charge is 0.211 e. The van der Waals surface area contributed by atoms with Crippen molar-refractivity contribution in [3.8, 4) is 0 Å². The summed E-state index contributed by atoms with van der Waals surface area (Å²) in [6.07, 6.45) is 0. The quantitative estimate of drug-likeness (QED) is 0.770. The van der Waals surface area contributed by atoms with Crippen molar-refractivity contribution >= 4 is 35.3 Å². The van der Waals surface area contributed by atoms with Crippen LogP contribution in [0.5, 0.6) is 0 Å². The Bertz CT molecular complexity index is 423. The number of nitrogens with two attached hydrogens (primary N) is 1. The van der Waals surface area contributed by atoms with Crippen molar-refractivity contribution in [3.05, 3.63) is 34.2 Å². The SMILES string of the molecule is Cl.Nc1cc(C(=O)c2ccsc2)[nH]n1. The molecule has 0 bridgehead atoms. The van der Waals surface area contributed by atoms with Crippen LogP contribution in [0.3, 0.4) is 0 Å². The maximum atomic E-state index is 11.6. The molecule has 4 nitrogen and oxygen atoms in total. The molecule has 2 rings (SSSR count). The van der Waals surface area contributed by atoms with Crippen LogP contribution >= 0.6 is 23.7 Å². The number of nitrogens with one attached hydrogen (secondary N) is 1. The summed E-state index contributed by atoms with van der Waals surface area (Å²) >= 11 is 1.48. The van der Waals surface area contributed by atoms with Crippen LogP contribution in [-0.2, 0) is 0 Å². The maximum absolute atomic E-state index is 11.6. The van der Waals surface area contributed by atoms with Crippen molar-refractivity contribution < 1.29 is 4.79 Å². The molecule has 0 radical (unpaired) electrons. The van der Waals surface area contributed by atoms with Crippen LogP contribution in [0.15, 0.2) is 22.9 Å². The topological polar surface area (TPSA) is 71.8 Å². The van der Waals surface area contributed by atoms with Gasteiger partial charge in [-0.1, -0.05) is 0 Å². The molecule has 0 spiro atoms. The second kappa shape index (κ2) is 4.26. The summed E-state index contributed by atoms with van der Waals surface area (Å²) in [6, 6.07) is 3.30. The van der Waals surface area contributed by atoms with E-state index in [1.54, 1.807) is 11.4 Å². The van der Waals surface area contributed by atoms with E-state index in [2.05, 4.69) is 10.2 Å². The Morgan fingerprint density at radius 1 is 1.57 bits per heavy atom. The summed E-state index contributed by atoms with van der Waals surface area (Å²) in [5, 5.41) is 9.90. The molecule has 0 aliphatic carbocycles. The molecule has 6 heteroatoms. The molecule has 0 aromatic carbocycles. The summed E-state index contributed by atoms with van der Waals surface area (Å²) in [6.45, 7) is 0. The summed E-state index contributed by atoms with van der Waals surface area (Å²) < 4.78 is 0. The van der Waals surface area contributed by atoms with Crippen molar-refractivity contribution in [1.82, 2.24) is 10.2 Å². The highest BCUT2D eigenvalue weighted by atomic mass is 35.5. The fourth-order valence-electron chi connectivity index (χ4n) is 1.00. The van der Waals surface area contributed by atoms with Gasteiger partial charge >= 0.3 is 0 Å². The standard InChI is InChI=1S/C8H7N3OS.ClH/c9-7-3-6(10-11-7)8(12)5-1-2-13-4-5;/h1-4H,(H3,9,10,11);1H. The first-order chi connectivity index (χ1) is 6.27. The molecule has 0 saturated heterocycles. The van der Waals surface area contributed by atoms with Crippen molar-refractivity contribution in [2.45, 2.75) is 0 Å². The average molecular weight is 230 g/mol. The van der Waals surface area contributed by atoms with Gasteiger partial charge in [-0.25, -0.2) is 0 Å². The van der Waals surface area contributed by atoms with Gasteiger partial charge in [0.25, 0.3) is 0 Å². The minimum atomic E-state index is -0.0783. The van der Waals surface area contributed by atoms with Gasteiger partial charge in [-0.05, 0) is 11.4 Å². The Labute approximate surface area is 90.5 Å². The molecule has 0 fully saturated rings. The number of nitrogens with zero attached hydrogens (tertiary/aromatic N) is 1. The minimum Gasteiger partial charge on any atom is -0.382 e. The molecule has 0 atom stereocenters. The monoisotopic (exact) mass is 229 g/mol. The van der Waals surface area contributed by atoms with Gasteiger partial charge in [-0.3, -0.25) is 9.89 Å². The summed E-state index contributed by atoms with van der Waals surface area (Å²) in [5.74, 6) is 0.254. The van der Waals surface area contributed by atoms with Crippen molar-refractivity contribution in [1.29, 1.82) is 0 Å². The maximum Gasteiger partial charge on any atom is 0.211 e. The first-order valence-corrected chi connectivity index (χ1v) is 4.59. The van der Waals surface area contributed by atoms with Crippen LogP contribution in [0.25, 0.3) is 0 Å². The number of halogens is 1. The number of hydrogen-bond donors (Lipinski definition) is 2. The van der Waals surface area contributed by atoms with Gasteiger partial charge in [0.15, 0.2) is 0 Å². The molecule has 2 aromatic heterocycles. The van der Waals surface area contributed by atoms with Crippen LogP contribution in [0, 0.1) is 0 Å². The van der Waals surface area contributed by atoms with E-state index in [4.69, 9.17) is 5.73 Å². The third-order valence-electron chi connectivity index (χ3n) is 1.63. The van der Waals surface area contributed by atoms with Crippen molar-refractivity contribution in [2.24, 2.45) is 0 Å². The van der Waals surface area contributed by atoms with Gasteiger partial charge in [0.05, 0.1) is 0 Å². The van der Waals surface area contributed by atoms with E-state index in [0.717, 1.165) is 0 Å². The van der Waals surface area contributed by atoms with Crippen LogP contribution in [0.4, 0.5) is 5.82 Å². The molecule has 14 heavy (non-hydrogen) atoms. The fourth-order valence-corrected chi connectivity index (χ4v) is 1.64. The molecule has 0 aliphatic rings. The van der Waals surface area contributed by atoms with E-state index in [0.29, 0.717) is 17.1 Å². The molecule has 2 aromatic rings. The largest absolute Gasteiger partial charge is 0.382 e. The molecule has 0 aliphatic heterocycles. The normalized spacial score (nSPS) is 9.43. The number of thiophene rings is 1. The Morgan fingerprint density at radius 3 is 2.86 bits per heavy atom. The van der Waals surface area contributed by atoms with Gasteiger partial charge < -0.3 is 5.73 Å². The number of aromatic nitrogens is 2. The number of nitrogen functional groups attached to an aromatic ring is 1. The average Bonchev–Trinajstić information content (AvgIpc) is 2.72. The first kappa shape index (κ1) is 10.7. The predicted octanol–water partition coefficient (Wildman–Crippen LogP) is 1.71. The molecular weight excluding hydrogens is 222 g/mol. The Kier molecular flexibility index (Phi) is 3.27. The van der Waals surface area contributed by atoms with Crippen LogP contribution < -0.4 is 5.73 Å². The lowest BCUT2D eigenvalue weighted by molar-refractivity contribution is 0.103. The van der Waals surface area contributed by atoms with E-state index in [9.17, 15) is 4.79 Å². The number of hydrogen-bond acceptors (Lipinski definition) is 4. The number of carbonyl (C=O) groups is 1. The molecule has 0 saturated carbocycles. The van der Waals surface area contributed by atoms with E-state index in [1.165, 1.54) is 17.4 Å². The lowest BCUT2D eigenvalue weighted by Gasteiger charge is -1.90. The van der Waals surface area contributed by atoms with Gasteiger partial charge in [0, 0.05) is 17.0 Å². The number of carbonyl (C=O) groups excluding carboxylic acids is 1. The highest BCUT2D eigenvalue weighted by molar-refractivity contribution is 7.08. The predicted molar refractivity (Wildman–Crippen MR) is 58.0 cm³/mol. The van der Waals surface area contributed by atoms with Gasteiger partial charge in [0.1, 0.15) is 11.5 Å². The van der Waals surface area contributed by atoms with E-state index < -0.39 is 0 Å². The third-order valence-corrected chi connectivity index (χ3v) is 2.31. The molecule has 0 unspecified atom stereocenters. The zero-order chi connectivity index (χ0) is 9.26. The zero-order valence-corrected chi connectivity index (χ0v) is 8.69. The number of ketones is 1. The fraction of sp³-hybridized carbons (Fsp3) is 0. The molecular formula is C8H8ClN3OS. The number of rotatable bonds is 2. The summed E-state index contributed by atoms with van der Waals surface area (Å²) in [5.41, 5.74) is 6.47. The molecule has 74 valence electrons. The van der Waals surface area contributed by atoms with Gasteiger partial charge in [-0.2, -0.15) is 16.4 Å². The van der Waals surface area contributed by atoms with Gasteiger partial charge in [-0.15, -0.1) is 12.4 Å². The van der Waals surface area contributed by atoms with Crippen LogP contribution in [-0.4, -0.2) is 16.0 Å². The Hall–Kier alpha value is -1.33. The van der Waals surface area contributed by atoms with Gasteiger partial charge in [0.2, 0.25) is 5.78 Å². The first-order valence-electron chi connectivity index (χ1n) is 3.65. The lowest BCUT2D eigenvalue weighted by atomic mass is 10.2. The van der Waals surface area contributed by atoms with Crippen LogP contribution in [0.1, 0.15) is 16.1 Å². The zero-order valence-electron chi connectivity index (χ0n) is 7.06. The Morgan fingerprint density at radius 2 is 2.36 bits per heavy atom. The van der Waals surface area contributed by atoms with Crippen molar-refractivity contribution in [2.75, 3.05) is 5.73 Å². The molecule has 0 amide bonds. The number of anilines is 1. The molecule has 2 heterocycles. The van der Waals surface area contributed by atoms with Crippen LogP contribution in [0.2, 0.25) is 0 Å². The Balaban J connectivity index is 0.000000980. The second-order valence-electron chi connectivity index (χ2n) is 2.55. The number of H-pyrrole nitrogens is 1.